The lowest BCUT2D eigenvalue weighted by molar-refractivity contribution is -0.130. The van der Waals surface area contributed by atoms with E-state index in [9.17, 15) is 9.90 Å². The van der Waals surface area contributed by atoms with Crippen molar-refractivity contribution in [3.05, 3.63) is 29.8 Å². The van der Waals surface area contributed by atoms with Crippen molar-refractivity contribution in [2.75, 3.05) is 13.1 Å². The smallest absolute Gasteiger partial charge is 0.236 e. The lowest BCUT2D eigenvalue weighted by Gasteiger charge is -2.22. The van der Waals surface area contributed by atoms with E-state index in [-0.39, 0.29) is 30.6 Å². The number of phenolic OH excluding ortho intramolecular Hbond substituents is 1. The molecule has 0 atom stereocenters. The van der Waals surface area contributed by atoms with Crippen molar-refractivity contribution in [3.63, 3.8) is 0 Å². The fourth-order valence-electron chi connectivity index (χ4n) is 1.87. The number of rotatable bonds is 5. The lowest BCUT2D eigenvalue weighted by Crippen LogP contribution is -2.36. The van der Waals surface area contributed by atoms with Gasteiger partial charge in [0, 0.05) is 13.1 Å². The highest BCUT2D eigenvalue weighted by atomic mass is 35.5. The van der Waals surface area contributed by atoms with Crippen LogP contribution in [0.3, 0.4) is 0 Å². The summed E-state index contributed by atoms with van der Waals surface area (Å²) in [6, 6.07) is 7.00. The number of halogens is 1. The fourth-order valence-corrected chi connectivity index (χ4v) is 1.87. The van der Waals surface area contributed by atoms with Gasteiger partial charge in [-0.3, -0.25) is 4.79 Å². The Morgan fingerprint density at radius 3 is 2.72 bits per heavy atom. The summed E-state index contributed by atoms with van der Waals surface area (Å²) in [4.78, 5) is 13.5. The molecule has 1 aliphatic carbocycles. The molecule has 0 aliphatic heterocycles. The number of nitrogens with zero attached hydrogens (tertiary/aromatic N) is 1. The summed E-state index contributed by atoms with van der Waals surface area (Å²) in [6.07, 6.45) is 2.41. The molecular formula is C13H19ClN2O2. The Kier molecular flexibility index (Phi) is 5.44. The van der Waals surface area contributed by atoms with Gasteiger partial charge in [-0.25, -0.2) is 0 Å². The first-order valence-electron chi connectivity index (χ1n) is 5.95. The monoisotopic (exact) mass is 270 g/mol. The van der Waals surface area contributed by atoms with Gasteiger partial charge in [0.2, 0.25) is 5.91 Å². The van der Waals surface area contributed by atoms with Crippen LogP contribution in [0.2, 0.25) is 0 Å². The van der Waals surface area contributed by atoms with E-state index in [2.05, 4.69) is 0 Å². The van der Waals surface area contributed by atoms with Crippen LogP contribution in [0.4, 0.5) is 0 Å². The van der Waals surface area contributed by atoms with Crippen LogP contribution >= 0.6 is 12.4 Å². The summed E-state index contributed by atoms with van der Waals surface area (Å²) >= 11 is 0. The number of phenols is 1. The lowest BCUT2D eigenvalue weighted by atomic mass is 10.2. The van der Waals surface area contributed by atoms with E-state index in [1.807, 2.05) is 6.07 Å². The Labute approximate surface area is 113 Å². The highest BCUT2D eigenvalue weighted by Gasteiger charge is 2.26. The molecule has 1 fully saturated rings. The molecule has 18 heavy (non-hydrogen) atoms. The van der Waals surface area contributed by atoms with Crippen LogP contribution in [0.25, 0.3) is 0 Å². The molecule has 1 aromatic rings. The van der Waals surface area contributed by atoms with Gasteiger partial charge in [-0.05, 0) is 36.5 Å². The van der Waals surface area contributed by atoms with Crippen molar-refractivity contribution in [3.8, 4) is 5.75 Å². The number of benzene rings is 1. The van der Waals surface area contributed by atoms with Crippen LogP contribution in [-0.2, 0) is 11.3 Å². The summed E-state index contributed by atoms with van der Waals surface area (Å²) in [5.74, 6) is 0.845. The number of aromatic hydroxyl groups is 1. The summed E-state index contributed by atoms with van der Waals surface area (Å²) in [5, 5.41) is 9.39. The van der Waals surface area contributed by atoms with Gasteiger partial charge in [-0.1, -0.05) is 12.1 Å². The normalized spacial score (nSPS) is 13.8. The second-order valence-electron chi connectivity index (χ2n) is 4.59. The molecule has 0 bridgehead atoms. The summed E-state index contributed by atoms with van der Waals surface area (Å²) < 4.78 is 0. The van der Waals surface area contributed by atoms with Gasteiger partial charge in [0.25, 0.3) is 0 Å². The molecular weight excluding hydrogens is 252 g/mol. The fraction of sp³-hybridized carbons (Fsp3) is 0.462. The molecule has 5 heteroatoms. The van der Waals surface area contributed by atoms with E-state index < -0.39 is 0 Å². The van der Waals surface area contributed by atoms with Crippen molar-refractivity contribution in [1.29, 1.82) is 0 Å². The van der Waals surface area contributed by atoms with Crippen molar-refractivity contribution in [1.82, 2.24) is 4.90 Å². The van der Waals surface area contributed by atoms with Crippen molar-refractivity contribution < 1.29 is 9.90 Å². The number of carbonyl (C=O) groups excluding carboxylic acids is 1. The van der Waals surface area contributed by atoms with E-state index in [0.29, 0.717) is 12.5 Å². The van der Waals surface area contributed by atoms with E-state index in [4.69, 9.17) is 5.73 Å². The highest BCUT2D eigenvalue weighted by Crippen LogP contribution is 2.30. The van der Waals surface area contributed by atoms with E-state index in [1.54, 1.807) is 23.1 Å². The maximum Gasteiger partial charge on any atom is 0.236 e. The second kappa shape index (κ2) is 6.61. The van der Waals surface area contributed by atoms with Gasteiger partial charge in [0.05, 0.1) is 6.54 Å². The Morgan fingerprint density at radius 1 is 1.44 bits per heavy atom. The molecule has 2 rings (SSSR count). The predicted octanol–water partition coefficient (Wildman–Crippen LogP) is 1.51. The molecule has 3 N–H and O–H groups in total. The minimum Gasteiger partial charge on any atom is -0.508 e. The average Bonchev–Trinajstić information content (AvgIpc) is 3.11. The summed E-state index contributed by atoms with van der Waals surface area (Å²) in [7, 11) is 0. The Morgan fingerprint density at radius 2 is 2.17 bits per heavy atom. The van der Waals surface area contributed by atoms with Crippen molar-refractivity contribution in [2.45, 2.75) is 19.4 Å². The summed E-state index contributed by atoms with van der Waals surface area (Å²) in [6.45, 7) is 1.36. The number of amides is 1. The third-order valence-corrected chi connectivity index (χ3v) is 2.99. The quantitative estimate of drug-likeness (QED) is 0.852. The zero-order chi connectivity index (χ0) is 12.3. The topological polar surface area (TPSA) is 66.6 Å². The Balaban J connectivity index is 0.00000162. The van der Waals surface area contributed by atoms with Crippen LogP contribution < -0.4 is 5.73 Å². The third-order valence-electron chi connectivity index (χ3n) is 2.99. The maximum atomic E-state index is 11.7. The molecule has 4 nitrogen and oxygen atoms in total. The first-order chi connectivity index (χ1) is 8.19. The number of hydrogen-bond acceptors (Lipinski definition) is 3. The van der Waals surface area contributed by atoms with Gasteiger partial charge in [-0.2, -0.15) is 0 Å². The van der Waals surface area contributed by atoms with Crippen molar-refractivity contribution >= 4 is 18.3 Å². The Bertz CT molecular complexity index is 408. The molecule has 0 spiro atoms. The van der Waals surface area contributed by atoms with Crippen LogP contribution in [0, 0.1) is 5.92 Å². The molecule has 0 aromatic heterocycles. The summed E-state index contributed by atoms with van der Waals surface area (Å²) in [5.41, 5.74) is 6.35. The molecule has 1 aliphatic rings. The second-order valence-corrected chi connectivity index (χ2v) is 4.59. The highest BCUT2D eigenvalue weighted by molar-refractivity contribution is 5.85. The van der Waals surface area contributed by atoms with E-state index >= 15 is 0 Å². The van der Waals surface area contributed by atoms with E-state index in [1.165, 1.54) is 12.8 Å². The first-order valence-corrected chi connectivity index (χ1v) is 5.95. The minimum atomic E-state index is -0.0276. The van der Waals surface area contributed by atoms with Crippen LogP contribution in [-0.4, -0.2) is 29.0 Å². The zero-order valence-corrected chi connectivity index (χ0v) is 11.0. The van der Waals surface area contributed by atoms with Gasteiger partial charge >= 0.3 is 0 Å². The Hall–Kier alpha value is -1.26. The molecule has 0 saturated heterocycles. The molecule has 1 aromatic carbocycles. The average molecular weight is 271 g/mol. The van der Waals surface area contributed by atoms with Crippen LogP contribution in [0.5, 0.6) is 5.75 Å². The molecule has 100 valence electrons. The molecule has 0 unspecified atom stereocenters. The number of carbonyl (C=O) groups is 1. The molecule has 0 radical (unpaired) electrons. The van der Waals surface area contributed by atoms with Gasteiger partial charge in [0.1, 0.15) is 5.75 Å². The SMILES string of the molecule is Cl.NCC(=O)N(Cc1cccc(O)c1)CC1CC1. The standard InChI is InChI=1S/C13H18N2O2.ClH/c14-7-13(17)15(8-10-4-5-10)9-11-2-1-3-12(16)6-11;/h1-3,6,10,16H,4-5,7-9,14H2;1H. The van der Waals surface area contributed by atoms with Crippen LogP contribution in [0.15, 0.2) is 24.3 Å². The molecule has 1 saturated carbocycles. The van der Waals surface area contributed by atoms with Gasteiger partial charge in [0.15, 0.2) is 0 Å². The maximum absolute atomic E-state index is 11.7. The van der Waals surface area contributed by atoms with Gasteiger partial charge < -0.3 is 15.7 Å². The third kappa shape index (κ3) is 4.20. The zero-order valence-electron chi connectivity index (χ0n) is 10.2. The predicted molar refractivity (Wildman–Crippen MR) is 72.6 cm³/mol. The number of nitrogens with two attached hydrogens (primary N) is 1. The largest absolute Gasteiger partial charge is 0.508 e. The van der Waals surface area contributed by atoms with Crippen LogP contribution in [0.1, 0.15) is 18.4 Å². The van der Waals surface area contributed by atoms with Gasteiger partial charge in [-0.15, -0.1) is 12.4 Å². The minimum absolute atomic E-state index is 0. The molecule has 1 amide bonds. The molecule has 0 heterocycles. The first kappa shape index (κ1) is 14.8. The van der Waals surface area contributed by atoms with Crippen molar-refractivity contribution in [2.24, 2.45) is 11.7 Å². The number of hydrogen-bond donors (Lipinski definition) is 2. The van der Waals surface area contributed by atoms with E-state index in [0.717, 1.165) is 12.1 Å².